The number of likely N-dealkylation sites (N-methyl/N-ethyl adjacent to an activating group) is 1. The van der Waals surface area contributed by atoms with Gasteiger partial charge in [-0.2, -0.15) is 5.26 Å². The van der Waals surface area contributed by atoms with E-state index in [1.54, 1.807) is 23.1 Å². The number of nitriles is 1. The SMILES string of the molecule is CN1CCN(C(=O)/C(C#N)=C/c2cccc(O)c2)CC1. The number of carbonyl (C=O) groups excluding carboxylic acids is 1. The minimum atomic E-state index is -0.246. The van der Waals surface area contributed by atoms with Crippen molar-refractivity contribution in [2.75, 3.05) is 33.2 Å². The third-order valence-electron chi connectivity index (χ3n) is 3.32. The van der Waals surface area contributed by atoms with Gasteiger partial charge in [-0.1, -0.05) is 12.1 Å². The summed E-state index contributed by atoms with van der Waals surface area (Å²) >= 11 is 0. The van der Waals surface area contributed by atoms with E-state index >= 15 is 0 Å². The van der Waals surface area contributed by atoms with E-state index in [1.165, 1.54) is 12.1 Å². The van der Waals surface area contributed by atoms with Crippen LogP contribution in [-0.4, -0.2) is 54.0 Å². The number of hydrogen-bond donors (Lipinski definition) is 1. The Morgan fingerprint density at radius 2 is 2.05 bits per heavy atom. The van der Waals surface area contributed by atoms with Gasteiger partial charge in [0, 0.05) is 26.2 Å². The molecular formula is C15H17N3O2. The van der Waals surface area contributed by atoms with Crippen molar-refractivity contribution in [3.8, 4) is 11.8 Å². The van der Waals surface area contributed by atoms with Gasteiger partial charge >= 0.3 is 0 Å². The van der Waals surface area contributed by atoms with E-state index in [1.807, 2.05) is 13.1 Å². The van der Waals surface area contributed by atoms with Crippen LogP contribution < -0.4 is 0 Å². The van der Waals surface area contributed by atoms with E-state index in [4.69, 9.17) is 0 Å². The summed E-state index contributed by atoms with van der Waals surface area (Å²) in [7, 11) is 2.01. The van der Waals surface area contributed by atoms with Gasteiger partial charge in [-0.05, 0) is 30.8 Å². The van der Waals surface area contributed by atoms with Gasteiger partial charge in [0.15, 0.2) is 0 Å². The molecule has 5 heteroatoms. The number of nitrogens with zero attached hydrogens (tertiary/aromatic N) is 3. The van der Waals surface area contributed by atoms with Crippen molar-refractivity contribution in [2.24, 2.45) is 0 Å². The van der Waals surface area contributed by atoms with E-state index in [0.717, 1.165) is 13.1 Å². The highest BCUT2D eigenvalue weighted by molar-refractivity contribution is 6.01. The van der Waals surface area contributed by atoms with Crippen LogP contribution in [0.5, 0.6) is 5.75 Å². The fraction of sp³-hybridized carbons (Fsp3) is 0.333. The van der Waals surface area contributed by atoms with Crippen LogP contribution in [0, 0.1) is 11.3 Å². The highest BCUT2D eigenvalue weighted by atomic mass is 16.3. The first-order chi connectivity index (χ1) is 9.60. The fourth-order valence-electron chi connectivity index (χ4n) is 2.10. The number of benzene rings is 1. The van der Waals surface area contributed by atoms with Gasteiger partial charge in [0.1, 0.15) is 17.4 Å². The van der Waals surface area contributed by atoms with Gasteiger partial charge in [0.2, 0.25) is 0 Å². The molecular weight excluding hydrogens is 254 g/mol. The monoisotopic (exact) mass is 271 g/mol. The maximum atomic E-state index is 12.3. The molecule has 0 bridgehead atoms. The first-order valence-corrected chi connectivity index (χ1v) is 6.49. The molecule has 1 fully saturated rings. The lowest BCUT2D eigenvalue weighted by Gasteiger charge is -2.32. The molecule has 0 aromatic heterocycles. The zero-order valence-electron chi connectivity index (χ0n) is 11.4. The number of rotatable bonds is 2. The van der Waals surface area contributed by atoms with Crippen LogP contribution in [0.1, 0.15) is 5.56 Å². The summed E-state index contributed by atoms with van der Waals surface area (Å²) in [6, 6.07) is 8.44. The van der Waals surface area contributed by atoms with Crippen molar-refractivity contribution in [3.63, 3.8) is 0 Å². The van der Waals surface area contributed by atoms with Gasteiger partial charge in [-0.3, -0.25) is 4.79 Å². The molecule has 0 atom stereocenters. The number of carbonyl (C=O) groups is 1. The van der Waals surface area contributed by atoms with Crippen molar-refractivity contribution in [2.45, 2.75) is 0 Å². The van der Waals surface area contributed by atoms with E-state index in [9.17, 15) is 15.2 Å². The Hall–Kier alpha value is -2.32. The van der Waals surface area contributed by atoms with Crippen LogP contribution in [-0.2, 0) is 4.79 Å². The first kappa shape index (κ1) is 14.1. The predicted octanol–water partition coefficient (Wildman–Crippen LogP) is 1.07. The molecule has 104 valence electrons. The molecule has 1 N–H and O–H groups in total. The molecule has 1 aromatic rings. The van der Waals surface area contributed by atoms with Crippen molar-refractivity contribution in [1.82, 2.24) is 9.80 Å². The van der Waals surface area contributed by atoms with E-state index in [-0.39, 0.29) is 17.2 Å². The Labute approximate surface area is 118 Å². The Bertz CT molecular complexity index is 567. The van der Waals surface area contributed by atoms with Crippen LogP contribution in [0.15, 0.2) is 29.8 Å². The molecule has 20 heavy (non-hydrogen) atoms. The molecule has 2 rings (SSSR count). The summed E-state index contributed by atoms with van der Waals surface area (Å²) in [6.07, 6.45) is 1.51. The topological polar surface area (TPSA) is 67.6 Å². The standard InChI is InChI=1S/C15H17N3O2/c1-17-5-7-18(8-6-17)15(20)13(11-16)9-12-3-2-4-14(19)10-12/h2-4,9-10,19H,5-8H2,1H3/b13-9+. The third kappa shape index (κ3) is 3.37. The van der Waals surface area contributed by atoms with Crippen molar-refractivity contribution < 1.29 is 9.90 Å². The molecule has 0 unspecified atom stereocenters. The second kappa shape index (κ2) is 6.22. The lowest BCUT2D eigenvalue weighted by atomic mass is 10.1. The van der Waals surface area contributed by atoms with Gasteiger partial charge in [-0.25, -0.2) is 0 Å². The normalized spacial score (nSPS) is 16.8. The lowest BCUT2D eigenvalue weighted by Crippen LogP contribution is -2.47. The van der Waals surface area contributed by atoms with Crippen LogP contribution in [0.4, 0.5) is 0 Å². The Morgan fingerprint density at radius 1 is 1.35 bits per heavy atom. The van der Waals surface area contributed by atoms with Gasteiger partial charge < -0.3 is 14.9 Å². The molecule has 1 aliphatic rings. The molecule has 0 spiro atoms. The highest BCUT2D eigenvalue weighted by Gasteiger charge is 2.21. The Balaban J connectivity index is 2.16. The summed E-state index contributed by atoms with van der Waals surface area (Å²) in [5.74, 6) is -0.132. The first-order valence-electron chi connectivity index (χ1n) is 6.49. The van der Waals surface area contributed by atoms with Crippen LogP contribution in [0.2, 0.25) is 0 Å². The van der Waals surface area contributed by atoms with Gasteiger partial charge in [0.25, 0.3) is 5.91 Å². The van der Waals surface area contributed by atoms with E-state index < -0.39 is 0 Å². The van der Waals surface area contributed by atoms with Crippen molar-refractivity contribution >= 4 is 12.0 Å². The molecule has 1 heterocycles. The molecule has 0 aliphatic carbocycles. The lowest BCUT2D eigenvalue weighted by molar-refractivity contribution is -0.128. The summed E-state index contributed by atoms with van der Waals surface area (Å²) in [6.45, 7) is 2.90. The van der Waals surface area contributed by atoms with E-state index in [2.05, 4.69) is 4.90 Å². The minimum Gasteiger partial charge on any atom is -0.508 e. The van der Waals surface area contributed by atoms with Crippen molar-refractivity contribution in [3.05, 3.63) is 35.4 Å². The number of phenolic OH excluding ortho intramolecular Hbond substituents is 1. The Kier molecular flexibility index (Phi) is 4.38. The van der Waals surface area contributed by atoms with Gasteiger partial charge in [0.05, 0.1) is 0 Å². The zero-order chi connectivity index (χ0) is 14.5. The third-order valence-corrected chi connectivity index (χ3v) is 3.32. The van der Waals surface area contributed by atoms with Gasteiger partial charge in [-0.15, -0.1) is 0 Å². The van der Waals surface area contributed by atoms with E-state index in [0.29, 0.717) is 18.7 Å². The molecule has 1 aliphatic heterocycles. The van der Waals surface area contributed by atoms with Crippen molar-refractivity contribution in [1.29, 1.82) is 5.26 Å². The maximum absolute atomic E-state index is 12.3. The molecule has 0 radical (unpaired) electrons. The smallest absolute Gasteiger partial charge is 0.264 e. The maximum Gasteiger partial charge on any atom is 0.264 e. The number of phenols is 1. The molecule has 5 nitrogen and oxygen atoms in total. The Morgan fingerprint density at radius 3 is 2.65 bits per heavy atom. The van der Waals surface area contributed by atoms with Crippen LogP contribution in [0.3, 0.4) is 0 Å². The average molecular weight is 271 g/mol. The molecule has 0 saturated carbocycles. The fourth-order valence-corrected chi connectivity index (χ4v) is 2.10. The quantitative estimate of drug-likeness (QED) is 0.645. The number of aromatic hydroxyl groups is 1. The minimum absolute atomic E-state index is 0.0974. The number of amides is 1. The average Bonchev–Trinajstić information content (AvgIpc) is 2.45. The second-order valence-corrected chi connectivity index (χ2v) is 4.86. The highest BCUT2D eigenvalue weighted by Crippen LogP contribution is 2.15. The summed E-state index contributed by atoms with van der Waals surface area (Å²) in [5, 5.41) is 18.6. The zero-order valence-corrected chi connectivity index (χ0v) is 11.4. The summed E-state index contributed by atoms with van der Waals surface area (Å²) in [5.41, 5.74) is 0.740. The van der Waals surface area contributed by atoms with Crippen LogP contribution in [0.25, 0.3) is 6.08 Å². The number of hydrogen-bond acceptors (Lipinski definition) is 4. The molecule has 1 aromatic carbocycles. The summed E-state index contributed by atoms with van der Waals surface area (Å²) in [4.78, 5) is 16.1. The molecule has 1 saturated heterocycles. The number of piperazine rings is 1. The van der Waals surface area contributed by atoms with Crippen LogP contribution >= 0.6 is 0 Å². The second-order valence-electron chi connectivity index (χ2n) is 4.86. The predicted molar refractivity (Wildman–Crippen MR) is 75.8 cm³/mol. The largest absolute Gasteiger partial charge is 0.508 e. The molecule has 1 amide bonds. The summed E-state index contributed by atoms with van der Waals surface area (Å²) < 4.78 is 0.